The molecule has 8 aliphatic heterocycles. The summed E-state index contributed by atoms with van der Waals surface area (Å²) in [6.07, 6.45) is 2.94. The molecule has 0 aliphatic carbocycles. The number of urea groups is 2. The molecule has 0 radical (unpaired) electrons. The molecule has 646 valence electrons. The van der Waals surface area contributed by atoms with Crippen molar-refractivity contribution in [1.82, 2.24) is 39.6 Å². The van der Waals surface area contributed by atoms with Gasteiger partial charge in [0.1, 0.15) is 50.1 Å². The van der Waals surface area contributed by atoms with E-state index in [0.717, 1.165) is 118 Å². The highest BCUT2D eigenvalue weighted by molar-refractivity contribution is 6.10. The fourth-order valence-corrected chi connectivity index (χ4v) is 19.0. The van der Waals surface area contributed by atoms with E-state index < -0.39 is 11.1 Å². The Morgan fingerprint density at radius 1 is 0.416 bits per heavy atom. The fourth-order valence-electron chi connectivity index (χ4n) is 19.0. The van der Waals surface area contributed by atoms with Gasteiger partial charge in [0.25, 0.3) is 11.8 Å². The molecule has 8 aliphatic rings. The Balaban J connectivity index is 0.000000142. The van der Waals surface area contributed by atoms with Crippen LogP contribution in [0.3, 0.4) is 0 Å². The summed E-state index contributed by atoms with van der Waals surface area (Å²) in [5.41, 5.74) is 9.11. The van der Waals surface area contributed by atoms with Crippen LogP contribution in [0.5, 0.6) is 34.5 Å². The minimum Gasteiger partial charge on any atom is -0.504 e. The number of fused-ring (bicyclic) bond motifs is 2. The summed E-state index contributed by atoms with van der Waals surface area (Å²) in [7, 11) is 8.22. The Morgan fingerprint density at radius 3 is 1.29 bits per heavy atom. The zero-order valence-corrected chi connectivity index (χ0v) is 71.2. The van der Waals surface area contributed by atoms with Crippen LogP contribution in [0.15, 0.2) is 249 Å². The summed E-state index contributed by atoms with van der Waals surface area (Å²) in [6, 6.07) is 80.2. The average Bonchev–Trinajstić information content (AvgIpc) is 1.53. The molecule has 125 heavy (non-hydrogen) atoms. The number of benzene rings is 11. The molecule has 24 nitrogen and oxygen atoms in total. The molecule has 2 spiro atoms. The average molecular weight is 1690 g/mol. The topological polar surface area (TPSA) is 239 Å². The number of amides is 6. The van der Waals surface area contributed by atoms with Crippen LogP contribution in [0, 0.1) is 11.8 Å². The van der Waals surface area contributed by atoms with E-state index in [-0.39, 0.29) is 59.3 Å². The van der Waals surface area contributed by atoms with Crippen LogP contribution in [-0.4, -0.2) is 225 Å². The number of hydrogen-bond donors (Lipinski definition) is 3. The molecule has 11 aromatic carbocycles. The van der Waals surface area contributed by atoms with Gasteiger partial charge in [-0.25, -0.2) is 9.59 Å². The van der Waals surface area contributed by atoms with Gasteiger partial charge in [0.15, 0.2) is 34.5 Å². The van der Waals surface area contributed by atoms with Gasteiger partial charge in [-0.15, -0.1) is 0 Å². The molecule has 8 saturated heterocycles. The second kappa shape index (κ2) is 39.0. The highest BCUT2D eigenvalue weighted by atomic mass is 16.5. The van der Waals surface area contributed by atoms with Crippen molar-refractivity contribution >= 4 is 69.4 Å². The predicted molar refractivity (Wildman–Crippen MR) is 481 cm³/mol. The number of likely N-dealkylation sites (tertiary alicyclic amines) is 1. The molecule has 3 N–H and O–H groups in total. The lowest BCUT2D eigenvalue weighted by Gasteiger charge is -2.33. The highest BCUT2D eigenvalue weighted by Gasteiger charge is 2.71. The third-order valence-electron chi connectivity index (χ3n) is 25.3. The number of imide groups is 2. The number of aromatic hydroxyl groups is 2. The monoisotopic (exact) mass is 1680 g/mol. The summed E-state index contributed by atoms with van der Waals surface area (Å²) >= 11 is 0. The van der Waals surface area contributed by atoms with Gasteiger partial charge in [-0.05, 0) is 123 Å². The van der Waals surface area contributed by atoms with E-state index in [2.05, 4.69) is 167 Å². The first-order valence-electron chi connectivity index (χ1n) is 43.1. The first-order chi connectivity index (χ1) is 61.0. The van der Waals surface area contributed by atoms with Crippen molar-refractivity contribution in [3.05, 3.63) is 299 Å². The number of carbonyl (C=O) groups excluding carboxylic acids is 6. The van der Waals surface area contributed by atoms with E-state index in [1.165, 1.54) is 28.5 Å². The molecule has 24 heteroatoms. The van der Waals surface area contributed by atoms with Crippen molar-refractivity contribution in [2.75, 3.05) is 143 Å². The number of ether oxygens (including phenoxy) is 6. The lowest BCUT2D eigenvalue weighted by molar-refractivity contribution is -0.134. The smallest absolute Gasteiger partial charge is 0.328 e. The minimum absolute atomic E-state index is 0.0121. The molecule has 6 amide bonds. The lowest BCUT2D eigenvalue weighted by Crippen LogP contribution is -2.51. The number of phenols is 2. The normalized spacial score (nSPS) is 20.8. The Labute approximate surface area is 729 Å². The van der Waals surface area contributed by atoms with Crippen molar-refractivity contribution in [2.24, 2.45) is 11.8 Å². The number of nitrogens with zero attached hydrogens (tertiary/aromatic N) is 9. The van der Waals surface area contributed by atoms with Crippen LogP contribution in [0.4, 0.5) is 21.0 Å². The molecule has 8 fully saturated rings. The Morgan fingerprint density at radius 2 is 0.824 bits per heavy atom. The molecule has 8 heterocycles. The van der Waals surface area contributed by atoms with Crippen LogP contribution in [0.2, 0.25) is 0 Å². The standard InChI is InChI=1S/C47H51N5O5.C26H33N5O3.C21H18O3.C7H6O3/c1-48(2)41-19-18-40(38-15-9-10-16-39(38)41)42-28-37-30-50(33-47(37)45(53)51(46(54)52(42)47)22-21-49-23-25-55-26-24-49)29-36-17-20-43(56-31-34-11-5-3-6-12-34)44(27-36)57-32-35-13-7-4-8-14-35;1-28(2)22-8-7-21(19-5-3-4-6-20(19)22)23-15-18-16-27-17-26(18)24(32)30(25(33)31(23)26)10-9-29-11-13-34-14-12-29;22-14-19-11-12-20(23-15-17-7-3-1-4-8-17)21(13-19)24-16-18-9-5-2-6-10-18;8-4-5-1-2-6(9)7(10)3-5/h3-20,27,37,42H,21-26,28-33H2,1-2H3;3-8,18,23,27H,9-17H2,1-2H3;1-14H,15-16H2;1-4,9-10H/t37-,42-,47+;18-,23-,26+;;/m11../s1. The number of nitrogens with one attached hydrogen (secondary N) is 1. The van der Waals surface area contributed by atoms with Crippen molar-refractivity contribution in [3.8, 4) is 34.5 Å². The van der Waals surface area contributed by atoms with E-state index in [4.69, 9.17) is 38.6 Å². The second-order valence-electron chi connectivity index (χ2n) is 33.5. The highest BCUT2D eigenvalue weighted by Crippen LogP contribution is 2.57. The molecular formula is C101H108N10O14. The quantitative estimate of drug-likeness (QED) is 0.0259. The number of phenolic OH excluding ortho intramolecular Hbond substituents is 2. The number of carbonyl (C=O) groups is 6. The van der Waals surface area contributed by atoms with E-state index in [0.29, 0.717) is 146 Å². The lowest BCUT2D eigenvalue weighted by atomic mass is 9.87. The second-order valence-corrected chi connectivity index (χ2v) is 33.5. The van der Waals surface area contributed by atoms with Gasteiger partial charge in [-0.1, -0.05) is 188 Å². The van der Waals surface area contributed by atoms with Gasteiger partial charge in [0.2, 0.25) is 0 Å². The number of aldehydes is 2. The van der Waals surface area contributed by atoms with E-state index >= 15 is 0 Å². The zero-order valence-electron chi connectivity index (χ0n) is 71.2. The number of rotatable bonds is 26. The molecule has 11 aromatic rings. The number of hydrogen-bond acceptors (Lipinski definition) is 20. The zero-order chi connectivity index (χ0) is 86.6. The maximum Gasteiger partial charge on any atom is 0.328 e. The van der Waals surface area contributed by atoms with E-state index in [1.54, 1.807) is 23.1 Å². The molecule has 19 rings (SSSR count). The van der Waals surface area contributed by atoms with Crippen LogP contribution in [0.1, 0.15) is 84.6 Å². The maximum absolute atomic E-state index is 14.9. The fraction of sp³-hybridized carbons (Fsp3) is 0.327. The van der Waals surface area contributed by atoms with Gasteiger partial charge >= 0.3 is 12.1 Å². The molecule has 0 bridgehead atoms. The van der Waals surface area contributed by atoms with Crippen LogP contribution >= 0.6 is 0 Å². The van der Waals surface area contributed by atoms with Crippen molar-refractivity contribution in [3.63, 3.8) is 0 Å². The predicted octanol–water partition coefficient (Wildman–Crippen LogP) is 14.4. The minimum atomic E-state index is -0.931. The van der Waals surface area contributed by atoms with Crippen LogP contribution < -0.4 is 34.1 Å². The Kier molecular flexibility index (Phi) is 26.8. The molecular weight excluding hydrogens is 1580 g/mol. The number of anilines is 2. The van der Waals surface area contributed by atoms with E-state index in [9.17, 15) is 28.8 Å². The Hall–Kier alpha value is -12.7. The third kappa shape index (κ3) is 18.5. The van der Waals surface area contributed by atoms with Gasteiger partial charge in [0, 0.05) is 158 Å². The van der Waals surface area contributed by atoms with E-state index in [1.807, 2.05) is 113 Å². The Bertz CT molecular complexity index is 5630. The summed E-state index contributed by atoms with van der Waals surface area (Å²) in [6.45, 7) is 13.1. The maximum atomic E-state index is 14.9. The van der Waals surface area contributed by atoms with Gasteiger partial charge < -0.3 is 63.6 Å². The first-order valence-corrected chi connectivity index (χ1v) is 43.1. The van der Waals surface area contributed by atoms with Crippen LogP contribution in [-0.2, 0) is 52.0 Å². The molecule has 0 aromatic heterocycles. The summed E-state index contributed by atoms with van der Waals surface area (Å²) in [5, 5.41) is 25.6. The first kappa shape index (κ1) is 85.9. The van der Waals surface area contributed by atoms with Gasteiger partial charge in [-0.2, -0.15) is 0 Å². The molecule has 0 saturated carbocycles. The van der Waals surface area contributed by atoms with Gasteiger partial charge in [0.05, 0.1) is 38.5 Å². The largest absolute Gasteiger partial charge is 0.504 e. The van der Waals surface area contributed by atoms with Crippen molar-refractivity contribution in [1.29, 1.82) is 0 Å². The molecule has 6 atom stereocenters. The SMILES string of the molecule is CN(C)c1ccc([C@H]2C[C@@H]3CN(Cc4ccc(OCc5ccccc5)c(OCc5ccccc5)c4)C[C@@]34C(=O)N(CCN3CCOCC3)C(=O)N24)c2ccccc12.CN(C)c1ccc([C@H]2C[C@@H]3CNC[C@@]34C(=O)N(CCN3CCOCC3)C(=O)N24)c2ccccc12.O=Cc1ccc(O)c(O)c1.O=Cc1ccc(OCc2ccccc2)c(OCc2ccccc2)c1. The summed E-state index contributed by atoms with van der Waals surface area (Å²) < 4.78 is 35.5. The third-order valence-corrected chi connectivity index (χ3v) is 25.3. The van der Waals surface area contributed by atoms with Crippen molar-refractivity contribution < 1.29 is 67.4 Å². The molecule has 0 unspecified atom stereocenters. The van der Waals surface area contributed by atoms with Crippen molar-refractivity contribution in [2.45, 2.75) is 69.0 Å². The summed E-state index contributed by atoms with van der Waals surface area (Å²) in [4.78, 5) is 96.6. The summed E-state index contributed by atoms with van der Waals surface area (Å²) in [5.74, 6) is 2.12. The number of morpholine rings is 2. The van der Waals surface area contributed by atoms with Crippen LogP contribution in [0.25, 0.3) is 21.5 Å². The van der Waals surface area contributed by atoms with Gasteiger partial charge in [-0.3, -0.25) is 43.7 Å².